The second kappa shape index (κ2) is 5.87. The highest BCUT2D eigenvalue weighted by atomic mass is 32.2. The molecular weight excluding hydrogens is 168 g/mol. The normalized spacial score (nSPS) is 22.5. The molecule has 1 atom stereocenters. The SMILES string of the molecule is CCC(CCO)C1CCSCC1. The zero-order valence-corrected chi connectivity index (χ0v) is 8.78. The Hall–Kier alpha value is 0.310. The summed E-state index contributed by atoms with van der Waals surface area (Å²) in [7, 11) is 0. The van der Waals surface area contributed by atoms with Crippen LogP contribution in [0, 0.1) is 11.8 Å². The van der Waals surface area contributed by atoms with E-state index in [9.17, 15) is 0 Å². The minimum Gasteiger partial charge on any atom is -0.396 e. The number of aliphatic hydroxyl groups excluding tert-OH is 1. The molecule has 0 amide bonds. The van der Waals surface area contributed by atoms with Crippen LogP contribution in [0.15, 0.2) is 0 Å². The maximum Gasteiger partial charge on any atom is 0.0433 e. The lowest BCUT2D eigenvalue weighted by Gasteiger charge is -2.28. The van der Waals surface area contributed by atoms with Gasteiger partial charge in [0.25, 0.3) is 0 Å². The van der Waals surface area contributed by atoms with Gasteiger partial charge < -0.3 is 5.11 Å². The van der Waals surface area contributed by atoms with Gasteiger partial charge in [-0.15, -0.1) is 0 Å². The second-order valence-electron chi connectivity index (χ2n) is 3.63. The van der Waals surface area contributed by atoms with Crippen molar-refractivity contribution in [2.24, 2.45) is 11.8 Å². The standard InChI is InChI=1S/C10H20OS/c1-2-9(3-6-11)10-4-7-12-8-5-10/h9-11H,2-8H2,1H3. The molecule has 0 aromatic rings. The first-order valence-corrected chi connectivity index (χ1v) is 6.22. The van der Waals surface area contributed by atoms with Crippen LogP contribution in [0.2, 0.25) is 0 Å². The third-order valence-corrected chi connectivity index (χ3v) is 4.01. The number of thioether (sulfide) groups is 1. The number of aliphatic hydroxyl groups is 1. The van der Waals surface area contributed by atoms with Crippen LogP contribution in [-0.4, -0.2) is 23.2 Å². The van der Waals surface area contributed by atoms with Gasteiger partial charge in [0.2, 0.25) is 0 Å². The molecule has 0 bridgehead atoms. The summed E-state index contributed by atoms with van der Waals surface area (Å²) >= 11 is 2.08. The Bertz CT molecular complexity index is 108. The van der Waals surface area contributed by atoms with E-state index in [-0.39, 0.29) is 0 Å². The Labute approximate surface area is 79.9 Å². The lowest BCUT2D eigenvalue weighted by Crippen LogP contribution is -2.20. The van der Waals surface area contributed by atoms with Crippen molar-refractivity contribution in [3.8, 4) is 0 Å². The lowest BCUT2D eigenvalue weighted by atomic mass is 9.83. The van der Waals surface area contributed by atoms with Gasteiger partial charge in [0.15, 0.2) is 0 Å². The van der Waals surface area contributed by atoms with Crippen molar-refractivity contribution in [3.05, 3.63) is 0 Å². The molecule has 1 aliphatic heterocycles. The summed E-state index contributed by atoms with van der Waals surface area (Å²) in [6.07, 6.45) is 5.02. The number of hydrogen-bond acceptors (Lipinski definition) is 2. The average Bonchev–Trinajstić information content (AvgIpc) is 2.15. The van der Waals surface area contributed by atoms with E-state index in [1.807, 2.05) is 0 Å². The van der Waals surface area contributed by atoms with Crippen molar-refractivity contribution in [2.75, 3.05) is 18.1 Å². The molecule has 1 saturated heterocycles. The summed E-state index contributed by atoms with van der Waals surface area (Å²) < 4.78 is 0. The Morgan fingerprint density at radius 1 is 1.42 bits per heavy atom. The van der Waals surface area contributed by atoms with Gasteiger partial charge in [-0.2, -0.15) is 11.8 Å². The Kier molecular flexibility index (Phi) is 5.08. The highest BCUT2D eigenvalue weighted by Gasteiger charge is 2.21. The van der Waals surface area contributed by atoms with E-state index < -0.39 is 0 Å². The van der Waals surface area contributed by atoms with E-state index in [1.54, 1.807) is 0 Å². The van der Waals surface area contributed by atoms with Gasteiger partial charge in [-0.1, -0.05) is 13.3 Å². The molecule has 1 heterocycles. The molecule has 0 aliphatic carbocycles. The summed E-state index contributed by atoms with van der Waals surface area (Å²) in [4.78, 5) is 0. The van der Waals surface area contributed by atoms with Crippen molar-refractivity contribution in [2.45, 2.75) is 32.6 Å². The quantitative estimate of drug-likeness (QED) is 0.731. The highest BCUT2D eigenvalue weighted by Crippen LogP contribution is 2.32. The highest BCUT2D eigenvalue weighted by molar-refractivity contribution is 7.99. The molecule has 0 aromatic heterocycles. The van der Waals surface area contributed by atoms with Crippen LogP contribution in [0.5, 0.6) is 0 Å². The smallest absolute Gasteiger partial charge is 0.0433 e. The minimum absolute atomic E-state index is 0.377. The summed E-state index contributed by atoms with van der Waals surface area (Å²) in [6, 6.07) is 0. The summed E-state index contributed by atoms with van der Waals surface area (Å²) in [6.45, 7) is 2.63. The zero-order chi connectivity index (χ0) is 8.81. The molecule has 1 nitrogen and oxygen atoms in total. The van der Waals surface area contributed by atoms with E-state index in [1.165, 1.54) is 30.8 Å². The fourth-order valence-corrected chi connectivity index (χ4v) is 3.27. The fraction of sp³-hybridized carbons (Fsp3) is 1.00. The molecule has 0 saturated carbocycles. The van der Waals surface area contributed by atoms with Gasteiger partial charge in [0.05, 0.1) is 0 Å². The minimum atomic E-state index is 0.377. The first-order valence-electron chi connectivity index (χ1n) is 5.07. The molecule has 0 spiro atoms. The number of rotatable bonds is 4. The van der Waals surface area contributed by atoms with Crippen LogP contribution in [0.3, 0.4) is 0 Å². The molecule has 0 aromatic carbocycles. The van der Waals surface area contributed by atoms with Crippen molar-refractivity contribution < 1.29 is 5.11 Å². The van der Waals surface area contributed by atoms with E-state index in [2.05, 4.69) is 18.7 Å². The van der Waals surface area contributed by atoms with Crippen molar-refractivity contribution in [3.63, 3.8) is 0 Å². The van der Waals surface area contributed by atoms with Crippen LogP contribution in [-0.2, 0) is 0 Å². The summed E-state index contributed by atoms with van der Waals surface area (Å²) in [5.74, 6) is 4.37. The fourth-order valence-electron chi connectivity index (χ4n) is 2.13. The summed E-state index contributed by atoms with van der Waals surface area (Å²) in [5, 5.41) is 8.89. The van der Waals surface area contributed by atoms with Crippen LogP contribution in [0.1, 0.15) is 32.6 Å². The van der Waals surface area contributed by atoms with E-state index in [4.69, 9.17) is 5.11 Å². The first-order chi connectivity index (χ1) is 5.88. The van der Waals surface area contributed by atoms with Crippen molar-refractivity contribution >= 4 is 11.8 Å². The van der Waals surface area contributed by atoms with Gasteiger partial charge in [-0.05, 0) is 42.6 Å². The molecule has 12 heavy (non-hydrogen) atoms. The van der Waals surface area contributed by atoms with E-state index in [0.29, 0.717) is 6.61 Å². The largest absolute Gasteiger partial charge is 0.396 e. The molecule has 1 aliphatic rings. The maximum atomic E-state index is 8.89. The molecule has 0 radical (unpaired) electrons. The first kappa shape index (κ1) is 10.4. The lowest BCUT2D eigenvalue weighted by molar-refractivity contribution is 0.207. The van der Waals surface area contributed by atoms with Gasteiger partial charge in [-0.25, -0.2) is 0 Å². The predicted molar refractivity (Wildman–Crippen MR) is 55.5 cm³/mol. The maximum absolute atomic E-state index is 8.89. The second-order valence-corrected chi connectivity index (χ2v) is 4.86. The molecule has 1 unspecified atom stereocenters. The van der Waals surface area contributed by atoms with Crippen molar-refractivity contribution in [1.29, 1.82) is 0 Å². The molecule has 1 N–H and O–H groups in total. The number of hydrogen-bond donors (Lipinski definition) is 1. The van der Waals surface area contributed by atoms with Crippen LogP contribution >= 0.6 is 11.8 Å². The van der Waals surface area contributed by atoms with Crippen LogP contribution in [0.25, 0.3) is 0 Å². The third kappa shape index (κ3) is 2.98. The average molecular weight is 188 g/mol. The monoisotopic (exact) mass is 188 g/mol. The molecule has 72 valence electrons. The Morgan fingerprint density at radius 3 is 2.58 bits per heavy atom. The summed E-state index contributed by atoms with van der Waals surface area (Å²) in [5.41, 5.74) is 0. The van der Waals surface area contributed by atoms with Gasteiger partial charge >= 0.3 is 0 Å². The van der Waals surface area contributed by atoms with E-state index in [0.717, 1.165) is 18.3 Å². The van der Waals surface area contributed by atoms with Gasteiger partial charge in [0.1, 0.15) is 0 Å². The van der Waals surface area contributed by atoms with Crippen LogP contribution in [0.4, 0.5) is 0 Å². The zero-order valence-electron chi connectivity index (χ0n) is 7.96. The van der Waals surface area contributed by atoms with Gasteiger partial charge in [-0.3, -0.25) is 0 Å². The Morgan fingerprint density at radius 2 is 2.08 bits per heavy atom. The van der Waals surface area contributed by atoms with Gasteiger partial charge in [0, 0.05) is 6.61 Å². The van der Waals surface area contributed by atoms with Crippen molar-refractivity contribution in [1.82, 2.24) is 0 Å². The molecule has 2 heteroatoms. The predicted octanol–water partition coefficient (Wildman–Crippen LogP) is 2.54. The van der Waals surface area contributed by atoms with E-state index >= 15 is 0 Å². The molecule has 1 rings (SSSR count). The third-order valence-electron chi connectivity index (χ3n) is 2.96. The topological polar surface area (TPSA) is 20.2 Å². The molecular formula is C10H20OS. The molecule has 1 fully saturated rings. The van der Waals surface area contributed by atoms with Crippen LogP contribution < -0.4 is 0 Å². The Balaban J connectivity index is 2.29.